The van der Waals surface area contributed by atoms with Gasteiger partial charge in [0.1, 0.15) is 5.54 Å². The zero-order chi connectivity index (χ0) is 13.8. The Bertz CT molecular complexity index is 319. The number of nitrogens with zero attached hydrogens (tertiary/aromatic N) is 1. The molecule has 0 aromatic heterocycles. The van der Waals surface area contributed by atoms with Crippen LogP contribution in [0.25, 0.3) is 0 Å². The summed E-state index contributed by atoms with van der Waals surface area (Å²) in [4.78, 5) is 25.0. The van der Waals surface area contributed by atoms with Crippen molar-refractivity contribution in [1.29, 1.82) is 0 Å². The number of nitrogens with one attached hydrogen (secondary N) is 1. The van der Waals surface area contributed by atoms with Crippen molar-refractivity contribution in [3.8, 4) is 0 Å². The molecular weight excluding hydrogens is 232 g/mol. The van der Waals surface area contributed by atoms with Crippen LogP contribution in [0.4, 0.5) is 4.79 Å². The largest absolute Gasteiger partial charge is 0.480 e. The summed E-state index contributed by atoms with van der Waals surface area (Å²) in [6, 6.07) is -0.254. The Balaban J connectivity index is 2.61. The topological polar surface area (TPSA) is 69.6 Å². The molecule has 0 saturated carbocycles. The van der Waals surface area contributed by atoms with E-state index in [2.05, 4.69) is 12.2 Å². The monoisotopic (exact) mass is 256 g/mol. The highest BCUT2D eigenvalue weighted by Crippen LogP contribution is 2.17. The van der Waals surface area contributed by atoms with Crippen LogP contribution in [0.2, 0.25) is 0 Å². The van der Waals surface area contributed by atoms with Crippen LogP contribution in [0.5, 0.6) is 0 Å². The second-order valence-electron chi connectivity index (χ2n) is 5.44. The van der Waals surface area contributed by atoms with Crippen molar-refractivity contribution in [2.24, 2.45) is 5.92 Å². The van der Waals surface area contributed by atoms with Crippen molar-refractivity contribution >= 4 is 12.0 Å². The number of carbonyl (C=O) groups excluding carboxylic acids is 1. The molecule has 1 saturated heterocycles. The number of hydrogen-bond acceptors (Lipinski definition) is 2. The Kier molecular flexibility index (Phi) is 4.99. The maximum Gasteiger partial charge on any atom is 0.329 e. The SMILES string of the molecule is CCC(C)(NC(=O)N1CCCC(C)CC1)C(=O)O. The molecule has 104 valence electrons. The summed E-state index contributed by atoms with van der Waals surface area (Å²) in [5, 5.41) is 11.8. The second kappa shape index (κ2) is 6.07. The average molecular weight is 256 g/mol. The van der Waals surface area contributed by atoms with Gasteiger partial charge in [-0.1, -0.05) is 13.8 Å². The van der Waals surface area contributed by atoms with Crippen molar-refractivity contribution < 1.29 is 14.7 Å². The van der Waals surface area contributed by atoms with Gasteiger partial charge in [0.05, 0.1) is 0 Å². The smallest absolute Gasteiger partial charge is 0.329 e. The van der Waals surface area contributed by atoms with Gasteiger partial charge >= 0.3 is 12.0 Å². The van der Waals surface area contributed by atoms with Gasteiger partial charge in [-0.05, 0) is 38.5 Å². The lowest BCUT2D eigenvalue weighted by Gasteiger charge is -2.29. The Morgan fingerprint density at radius 1 is 1.39 bits per heavy atom. The number of hydrogen-bond donors (Lipinski definition) is 2. The molecule has 2 atom stereocenters. The molecule has 2 amide bonds. The van der Waals surface area contributed by atoms with Crippen LogP contribution in [0.15, 0.2) is 0 Å². The van der Waals surface area contributed by atoms with Gasteiger partial charge in [0.2, 0.25) is 0 Å². The van der Waals surface area contributed by atoms with E-state index in [4.69, 9.17) is 5.11 Å². The third kappa shape index (κ3) is 3.62. The van der Waals surface area contributed by atoms with Crippen LogP contribution in [-0.2, 0) is 4.79 Å². The summed E-state index contributed by atoms with van der Waals surface area (Å²) in [6.07, 6.45) is 3.49. The molecule has 2 unspecified atom stereocenters. The predicted molar refractivity (Wildman–Crippen MR) is 69.5 cm³/mol. The fourth-order valence-electron chi connectivity index (χ4n) is 2.07. The minimum atomic E-state index is -1.17. The third-order valence-corrected chi connectivity index (χ3v) is 3.87. The fraction of sp³-hybridized carbons (Fsp3) is 0.846. The van der Waals surface area contributed by atoms with E-state index in [0.717, 1.165) is 25.8 Å². The summed E-state index contributed by atoms with van der Waals surface area (Å²) in [7, 11) is 0. The van der Waals surface area contributed by atoms with Gasteiger partial charge < -0.3 is 15.3 Å². The summed E-state index contributed by atoms with van der Waals surface area (Å²) in [5.74, 6) is -0.346. The second-order valence-corrected chi connectivity index (χ2v) is 5.44. The van der Waals surface area contributed by atoms with Gasteiger partial charge in [-0.15, -0.1) is 0 Å². The number of amides is 2. The highest BCUT2D eigenvalue weighted by Gasteiger charge is 2.34. The minimum Gasteiger partial charge on any atom is -0.480 e. The molecule has 18 heavy (non-hydrogen) atoms. The van der Waals surface area contributed by atoms with Crippen LogP contribution in [0, 0.1) is 5.92 Å². The van der Waals surface area contributed by atoms with Gasteiger partial charge in [-0.3, -0.25) is 0 Å². The number of urea groups is 1. The number of carboxylic acid groups (broad SMARTS) is 1. The Labute approximate surface area is 109 Å². The lowest BCUT2D eigenvalue weighted by atomic mass is 10.00. The molecule has 1 heterocycles. The van der Waals surface area contributed by atoms with Crippen molar-refractivity contribution in [2.75, 3.05) is 13.1 Å². The van der Waals surface area contributed by atoms with Crippen molar-refractivity contribution in [3.63, 3.8) is 0 Å². The number of rotatable bonds is 3. The highest BCUT2D eigenvalue weighted by molar-refractivity contribution is 5.85. The quantitative estimate of drug-likeness (QED) is 0.812. The van der Waals surface area contributed by atoms with Crippen molar-refractivity contribution in [3.05, 3.63) is 0 Å². The van der Waals surface area contributed by atoms with E-state index in [1.54, 1.807) is 18.7 Å². The van der Waals surface area contributed by atoms with E-state index in [1.807, 2.05) is 0 Å². The molecule has 0 radical (unpaired) electrons. The Morgan fingerprint density at radius 2 is 2.06 bits per heavy atom. The molecular formula is C13H24N2O3. The van der Waals surface area contributed by atoms with E-state index in [1.165, 1.54) is 0 Å². The lowest BCUT2D eigenvalue weighted by molar-refractivity contribution is -0.143. The highest BCUT2D eigenvalue weighted by atomic mass is 16.4. The van der Waals surface area contributed by atoms with Crippen LogP contribution >= 0.6 is 0 Å². The molecule has 1 fully saturated rings. The first-order valence-corrected chi connectivity index (χ1v) is 6.69. The van der Waals surface area contributed by atoms with Crippen LogP contribution in [0.1, 0.15) is 46.5 Å². The van der Waals surface area contributed by atoms with E-state index in [9.17, 15) is 9.59 Å². The average Bonchev–Trinajstić information content (AvgIpc) is 2.53. The normalized spacial score (nSPS) is 23.9. The van der Waals surface area contributed by atoms with Crippen molar-refractivity contribution in [1.82, 2.24) is 10.2 Å². The standard InChI is InChI=1S/C13H24N2O3/c1-4-13(3,11(16)17)14-12(18)15-8-5-6-10(2)7-9-15/h10H,4-9H2,1-3H3,(H,14,18)(H,16,17). The predicted octanol–water partition coefficient (Wildman–Crippen LogP) is 2.07. The van der Waals surface area contributed by atoms with Crippen LogP contribution in [-0.4, -0.2) is 40.6 Å². The zero-order valence-electron chi connectivity index (χ0n) is 11.5. The summed E-state index contributed by atoms with van der Waals surface area (Å²) in [6.45, 7) is 6.93. The first kappa shape index (κ1) is 14.8. The van der Waals surface area contributed by atoms with Gasteiger partial charge in [-0.25, -0.2) is 9.59 Å². The van der Waals surface area contributed by atoms with Gasteiger partial charge in [0, 0.05) is 13.1 Å². The molecule has 5 heteroatoms. The fourth-order valence-corrected chi connectivity index (χ4v) is 2.07. The lowest BCUT2D eigenvalue weighted by Crippen LogP contribution is -2.55. The first-order chi connectivity index (χ1) is 8.39. The Morgan fingerprint density at radius 3 is 2.61 bits per heavy atom. The zero-order valence-corrected chi connectivity index (χ0v) is 11.5. The maximum absolute atomic E-state index is 12.1. The van der Waals surface area contributed by atoms with E-state index in [0.29, 0.717) is 18.9 Å². The molecule has 1 aliphatic heterocycles. The Hall–Kier alpha value is -1.26. The maximum atomic E-state index is 12.1. The molecule has 2 N–H and O–H groups in total. The van der Waals surface area contributed by atoms with Crippen molar-refractivity contribution in [2.45, 2.75) is 52.0 Å². The first-order valence-electron chi connectivity index (χ1n) is 6.69. The van der Waals surface area contributed by atoms with Gasteiger partial charge in [-0.2, -0.15) is 0 Å². The molecule has 1 rings (SSSR count). The van der Waals surface area contributed by atoms with E-state index in [-0.39, 0.29) is 6.03 Å². The summed E-state index contributed by atoms with van der Waals surface area (Å²) in [5.41, 5.74) is -1.17. The molecule has 1 aliphatic rings. The molecule has 0 aromatic carbocycles. The molecule has 0 bridgehead atoms. The molecule has 5 nitrogen and oxygen atoms in total. The van der Waals surface area contributed by atoms with Gasteiger partial charge in [0.15, 0.2) is 0 Å². The summed E-state index contributed by atoms with van der Waals surface area (Å²) >= 11 is 0. The third-order valence-electron chi connectivity index (χ3n) is 3.87. The molecule has 0 spiro atoms. The number of carboxylic acids is 1. The molecule has 0 aliphatic carbocycles. The number of aliphatic carboxylic acids is 1. The van der Waals surface area contributed by atoms with Crippen LogP contribution < -0.4 is 5.32 Å². The number of carbonyl (C=O) groups is 2. The minimum absolute atomic E-state index is 0.254. The number of likely N-dealkylation sites (tertiary alicyclic amines) is 1. The summed E-state index contributed by atoms with van der Waals surface area (Å²) < 4.78 is 0. The van der Waals surface area contributed by atoms with Crippen LogP contribution in [0.3, 0.4) is 0 Å². The molecule has 0 aromatic rings. The van der Waals surface area contributed by atoms with Gasteiger partial charge in [0.25, 0.3) is 0 Å². The van der Waals surface area contributed by atoms with E-state index < -0.39 is 11.5 Å². The van der Waals surface area contributed by atoms with E-state index >= 15 is 0 Å².